The molecule has 1 rings (SSSR count). The molecule has 9 nitrogen and oxygen atoms in total. The van der Waals surface area contributed by atoms with Crippen molar-refractivity contribution in [2.24, 2.45) is 5.73 Å². The summed E-state index contributed by atoms with van der Waals surface area (Å²) in [4.78, 5) is 22.5. The average Bonchev–Trinajstić information content (AvgIpc) is 3.90. The van der Waals surface area contributed by atoms with Crippen molar-refractivity contribution in [3.63, 3.8) is 0 Å². The van der Waals surface area contributed by atoms with Gasteiger partial charge in [0.25, 0.3) is 0 Å². The van der Waals surface area contributed by atoms with Crippen molar-refractivity contribution < 1.29 is 37.5 Å². The minimum Gasteiger partial charge on any atom is -0.498 e. The van der Waals surface area contributed by atoms with E-state index >= 15 is 0 Å². The molecule has 1 aliphatic rings. The molecule has 0 aromatic rings. The number of carbonyl (C=O) groups is 1. The van der Waals surface area contributed by atoms with E-state index in [1.807, 2.05) is 6.08 Å². The highest BCUT2D eigenvalue weighted by molar-refractivity contribution is 7.47. The van der Waals surface area contributed by atoms with Crippen LogP contribution < -0.4 is 5.73 Å². The van der Waals surface area contributed by atoms with Crippen LogP contribution in [0.5, 0.6) is 0 Å². The van der Waals surface area contributed by atoms with Crippen molar-refractivity contribution in [3.8, 4) is 0 Å². The smallest absolute Gasteiger partial charge is 0.472 e. The number of ether oxygens (including phenoxy) is 3. The number of allylic oxidation sites excluding steroid dienone is 8. The quantitative estimate of drug-likeness (QED) is 0.0157. The number of unbranched alkanes of at least 4 members (excludes halogenated alkanes) is 14. The Hall–Kier alpha value is -2.00. The molecule has 0 amide bonds. The molecule has 0 aromatic carbocycles. The minimum atomic E-state index is -4.32. The lowest BCUT2D eigenvalue weighted by Crippen LogP contribution is -2.28. The van der Waals surface area contributed by atoms with Crippen molar-refractivity contribution in [3.05, 3.63) is 60.9 Å². The number of rotatable bonds is 38. The Kier molecular flexibility index (Phi) is 33.0. The third-order valence-electron chi connectivity index (χ3n) is 8.90. The van der Waals surface area contributed by atoms with Crippen LogP contribution in [-0.4, -0.2) is 55.5 Å². The number of hydrogen-bond acceptors (Lipinski definition) is 8. The Morgan fingerprint density at radius 2 is 1.25 bits per heavy atom. The van der Waals surface area contributed by atoms with Gasteiger partial charge in [0.1, 0.15) is 6.61 Å². The zero-order valence-corrected chi connectivity index (χ0v) is 34.3. The highest BCUT2D eigenvalue weighted by Gasteiger charge is 2.36. The van der Waals surface area contributed by atoms with Gasteiger partial charge in [0.2, 0.25) is 0 Å². The largest absolute Gasteiger partial charge is 0.498 e. The van der Waals surface area contributed by atoms with Crippen molar-refractivity contribution in [2.45, 2.75) is 180 Å². The predicted molar refractivity (Wildman–Crippen MR) is 219 cm³/mol. The summed E-state index contributed by atoms with van der Waals surface area (Å²) in [6, 6.07) is 0. The molecular formula is C43H76NO8P. The molecule has 0 aliphatic carbocycles. The third kappa shape index (κ3) is 33.1. The Labute approximate surface area is 323 Å². The molecule has 1 aliphatic heterocycles. The van der Waals surface area contributed by atoms with E-state index in [2.05, 4.69) is 62.5 Å². The van der Waals surface area contributed by atoms with Gasteiger partial charge in [0.15, 0.2) is 6.10 Å². The van der Waals surface area contributed by atoms with Gasteiger partial charge in [0, 0.05) is 13.0 Å². The zero-order valence-electron chi connectivity index (χ0n) is 33.4. The number of esters is 1. The summed E-state index contributed by atoms with van der Waals surface area (Å²) in [5, 5.41) is 0. The van der Waals surface area contributed by atoms with Crippen LogP contribution >= 0.6 is 7.82 Å². The Balaban J connectivity index is 2.23. The molecule has 3 unspecified atom stereocenters. The second-order valence-electron chi connectivity index (χ2n) is 13.9. The van der Waals surface area contributed by atoms with Crippen LogP contribution in [0.1, 0.15) is 162 Å². The van der Waals surface area contributed by atoms with Gasteiger partial charge in [-0.25, -0.2) is 4.57 Å². The molecule has 1 heterocycles. The van der Waals surface area contributed by atoms with Gasteiger partial charge in [-0.05, 0) is 89.5 Å². The van der Waals surface area contributed by atoms with E-state index in [9.17, 15) is 14.3 Å². The average molecular weight is 766 g/mol. The molecule has 0 aromatic heterocycles. The molecule has 10 heteroatoms. The first-order chi connectivity index (χ1) is 25.9. The molecule has 0 spiro atoms. The number of phosphoric acid groups is 1. The van der Waals surface area contributed by atoms with Crippen LogP contribution in [0.15, 0.2) is 60.9 Å². The van der Waals surface area contributed by atoms with E-state index in [0.29, 0.717) is 6.42 Å². The molecule has 53 heavy (non-hydrogen) atoms. The van der Waals surface area contributed by atoms with Crippen LogP contribution in [0.3, 0.4) is 0 Å². The van der Waals surface area contributed by atoms with Crippen molar-refractivity contribution in [2.75, 3.05) is 26.4 Å². The first-order valence-electron chi connectivity index (χ1n) is 20.9. The van der Waals surface area contributed by atoms with E-state index in [4.69, 9.17) is 29.0 Å². The highest BCUT2D eigenvalue weighted by atomic mass is 31.2. The van der Waals surface area contributed by atoms with Crippen LogP contribution in [-0.2, 0) is 32.6 Å². The molecule has 0 radical (unpaired) electrons. The standard InChI is InChI=1S/C43H76NO8P/c1-3-5-7-9-11-13-15-17-18-19-20-22-24-26-28-30-36-48-38-40(39-50-53(46,47)49-37-35-44)51-43(45)34-31-33-42-41(52-42)32-29-27-25-23-21-16-14-12-10-8-6-4-2/h12-15,21,23,27,29-30,36,40-42H,3-11,16-20,22,24-26,28,31-35,37-39,44H2,1-2H3,(H,46,47)/b14-12-,15-13-,23-21-,29-27-,36-30+/t40-,41?,42?/m1/s1. The summed E-state index contributed by atoms with van der Waals surface area (Å²) in [7, 11) is -4.32. The van der Waals surface area contributed by atoms with Crippen molar-refractivity contribution >= 4 is 13.8 Å². The fourth-order valence-corrected chi connectivity index (χ4v) is 6.45. The lowest BCUT2D eigenvalue weighted by Gasteiger charge is -2.19. The monoisotopic (exact) mass is 766 g/mol. The number of nitrogens with two attached hydrogens (primary N) is 1. The number of phosphoric ester groups is 1. The summed E-state index contributed by atoms with van der Waals surface area (Å²) < 4.78 is 38.9. The number of carbonyl (C=O) groups excluding carboxylic acids is 1. The summed E-state index contributed by atoms with van der Waals surface area (Å²) in [6.07, 6.45) is 46.3. The Bertz CT molecular complexity index is 1060. The minimum absolute atomic E-state index is 0.00258. The summed E-state index contributed by atoms with van der Waals surface area (Å²) in [5.41, 5.74) is 5.36. The molecule has 0 saturated carbocycles. The van der Waals surface area contributed by atoms with Gasteiger partial charge in [-0.1, -0.05) is 120 Å². The van der Waals surface area contributed by atoms with Crippen LogP contribution in [0.25, 0.3) is 0 Å². The summed E-state index contributed by atoms with van der Waals surface area (Å²) >= 11 is 0. The van der Waals surface area contributed by atoms with E-state index in [1.165, 1.54) is 96.3 Å². The topological polar surface area (TPSA) is 130 Å². The van der Waals surface area contributed by atoms with Gasteiger partial charge in [-0.2, -0.15) is 0 Å². The molecule has 0 bridgehead atoms. The van der Waals surface area contributed by atoms with E-state index < -0.39 is 19.9 Å². The van der Waals surface area contributed by atoms with Crippen LogP contribution in [0.4, 0.5) is 0 Å². The molecule has 4 atom stereocenters. The van der Waals surface area contributed by atoms with Gasteiger partial charge < -0.3 is 24.8 Å². The third-order valence-corrected chi connectivity index (χ3v) is 9.88. The zero-order chi connectivity index (χ0) is 38.5. The predicted octanol–water partition coefficient (Wildman–Crippen LogP) is 11.5. The second kappa shape index (κ2) is 35.7. The Morgan fingerprint density at radius 1 is 0.698 bits per heavy atom. The van der Waals surface area contributed by atoms with Gasteiger partial charge in [-0.15, -0.1) is 0 Å². The van der Waals surface area contributed by atoms with Gasteiger partial charge >= 0.3 is 13.8 Å². The SMILES string of the molecule is CCCCC/C=C\C/C=C\C/C=C\CC1OC1CCCC(=O)O[C@H](CO/C=C/CCCCCCCC/C=C\CCCCCC)COP(=O)(O)OCCN. The Morgan fingerprint density at radius 3 is 1.91 bits per heavy atom. The fraction of sp³-hybridized carbons (Fsp3) is 0.744. The van der Waals surface area contributed by atoms with E-state index in [0.717, 1.165) is 38.5 Å². The molecular weight excluding hydrogens is 689 g/mol. The molecule has 306 valence electrons. The maximum Gasteiger partial charge on any atom is 0.472 e. The number of hydrogen-bond donors (Lipinski definition) is 2. The van der Waals surface area contributed by atoms with Gasteiger partial charge in [-0.3, -0.25) is 13.8 Å². The lowest BCUT2D eigenvalue weighted by atomic mass is 10.1. The first kappa shape index (κ1) is 49.0. The van der Waals surface area contributed by atoms with Crippen molar-refractivity contribution in [1.82, 2.24) is 0 Å². The van der Waals surface area contributed by atoms with Crippen LogP contribution in [0, 0.1) is 0 Å². The normalized spacial score (nSPS) is 17.9. The molecule has 1 fully saturated rings. The highest BCUT2D eigenvalue weighted by Crippen LogP contribution is 2.43. The maximum absolute atomic E-state index is 12.6. The maximum atomic E-state index is 12.6. The van der Waals surface area contributed by atoms with Crippen molar-refractivity contribution in [1.29, 1.82) is 0 Å². The fourth-order valence-electron chi connectivity index (χ4n) is 5.69. The second-order valence-corrected chi connectivity index (χ2v) is 15.4. The molecule has 3 N–H and O–H groups in total. The van der Waals surface area contributed by atoms with Gasteiger partial charge in [0.05, 0.1) is 31.7 Å². The lowest BCUT2D eigenvalue weighted by molar-refractivity contribution is -0.153. The number of epoxide rings is 1. The summed E-state index contributed by atoms with van der Waals surface area (Å²) in [5.74, 6) is -0.417. The van der Waals surface area contributed by atoms with E-state index in [-0.39, 0.29) is 45.0 Å². The van der Waals surface area contributed by atoms with E-state index in [1.54, 1.807) is 6.26 Å². The molecule has 1 saturated heterocycles. The first-order valence-corrected chi connectivity index (χ1v) is 22.4. The summed E-state index contributed by atoms with van der Waals surface area (Å²) in [6.45, 7) is 4.09. The van der Waals surface area contributed by atoms with Crippen LogP contribution in [0.2, 0.25) is 0 Å².